The fourth-order valence-corrected chi connectivity index (χ4v) is 0.780. The van der Waals surface area contributed by atoms with Crippen molar-refractivity contribution in [3.8, 4) is 0 Å². The molecular weight excluding hydrogens is 174 g/mol. The van der Waals surface area contributed by atoms with Gasteiger partial charge in [-0.1, -0.05) is 13.8 Å². The summed E-state index contributed by atoms with van der Waals surface area (Å²) in [5.41, 5.74) is 11.8. The number of nitrogens with two attached hydrogens (primary N) is 2. The van der Waals surface area contributed by atoms with E-state index in [1.807, 2.05) is 13.8 Å². The molecule has 0 fully saturated rings. The largest absolute Gasteiger partial charge is 0.349 e. The standard InChI is InChI=1S/C7H15N3O3/c1-4(2)3-5(8)6(11)13-10-7(9)12/h4-5H,3,8H2,1-2H3,(H3,9,10,12). The van der Waals surface area contributed by atoms with Crippen molar-refractivity contribution in [1.29, 1.82) is 0 Å². The number of nitrogens with one attached hydrogen (secondary N) is 1. The first kappa shape index (κ1) is 11.7. The van der Waals surface area contributed by atoms with Crippen LogP contribution in [0.4, 0.5) is 4.79 Å². The van der Waals surface area contributed by atoms with Gasteiger partial charge in [-0.25, -0.2) is 9.59 Å². The third-order valence-electron chi connectivity index (χ3n) is 1.28. The highest BCUT2D eigenvalue weighted by molar-refractivity contribution is 5.78. The number of carbonyl (C=O) groups excluding carboxylic acids is 2. The predicted octanol–water partition coefficient (Wildman–Crippen LogP) is -0.514. The quantitative estimate of drug-likeness (QED) is 0.519. The van der Waals surface area contributed by atoms with Crippen LogP contribution in [0.5, 0.6) is 0 Å². The molecule has 0 aromatic heterocycles. The first-order valence-electron chi connectivity index (χ1n) is 3.95. The van der Waals surface area contributed by atoms with Crippen molar-refractivity contribution in [2.24, 2.45) is 17.4 Å². The molecule has 1 atom stereocenters. The summed E-state index contributed by atoms with van der Waals surface area (Å²) in [6.07, 6.45) is 0.499. The summed E-state index contributed by atoms with van der Waals surface area (Å²) in [6, 6.07) is -1.66. The van der Waals surface area contributed by atoms with Gasteiger partial charge in [-0.05, 0) is 12.3 Å². The Balaban J connectivity index is 3.76. The van der Waals surface area contributed by atoms with Crippen LogP contribution in [0, 0.1) is 5.92 Å². The Bertz CT molecular complexity index is 193. The Kier molecular flexibility index (Phi) is 4.83. The molecule has 6 nitrogen and oxygen atoms in total. The fourth-order valence-electron chi connectivity index (χ4n) is 0.780. The zero-order valence-corrected chi connectivity index (χ0v) is 7.74. The SMILES string of the molecule is CC(C)CC(N)C(=O)ONC(N)=O. The van der Waals surface area contributed by atoms with Crippen molar-refractivity contribution in [3.63, 3.8) is 0 Å². The van der Waals surface area contributed by atoms with E-state index in [2.05, 4.69) is 10.6 Å². The number of hydrogen-bond donors (Lipinski definition) is 3. The molecule has 0 bridgehead atoms. The summed E-state index contributed by atoms with van der Waals surface area (Å²) in [5.74, 6) is -0.399. The van der Waals surface area contributed by atoms with Crippen LogP contribution in [-0.2, 0) is 9.63 Å². The molecule has 1 unspecified atom stereocenters. The Morgan fingerprint density at radius 1 is 1.46 bits per heavy atom. The molecule has 0 rings (SSSR count). The van der Waals surface area contributed by atoms with Crippen LogP contribution >= 0.6 is 0 Å². The number of carbonyl (C=O) groups is 2. The van der Waals surface area contributed by atoms with Crippen molar-refractivity contribution in [3.05, 3.63) is 0 Å². The van der Waals surface area contributed by atoms with E-state index in [0.29, 0.717) is 6.42 Å². The van der Waals surface area contributed by atoms with E-state index in [-0.39, 0.29) is 5.92 Å². The van der Waals surface area contributed by atoms with Crippen LogP contribution < -0.4 is 16.9 Å². The number of hydrogen-bond acceptors (Lipinski definition) is 4. The average molecular weight is 189 g/mol. The highest BCUT2D eigenvalue weighted by Crippen LogP contribution is 2.03. The topological polar surface area (TPSA) is 107 Å². The number of amides is 2. The summed E-state index contributed by atoms with van der Waals surface area (Å²) in [5, 5.41) is 0. The monoisotopic (exact) mass is 189 g/mol. The molecule has 0 aromatic carbocycles. The number of rotatable bonds is 3. The van der Waals surface area contributed by atoms with E-state index in [1.54, 1.807) is 5.48 Å². The second kappa shape index (κ2) is 5.36. The van der Waals surface area contributed by atoms with Crippen LogP contribution in [0.1, 0.15) is 20.3 Å². The highest BCUT2D eigenvalue weighted by atomic mass is 16.7. The van der Waals surface area contributed by atoms with Gasteiger partial charge in [0.05, 0.1) is 0 Å². The Morgan fingerprint density at radius 2 is 2.00 bits per heavy atom. The van der Waals surface area contributed by atoms with Crippen LogP contribution in [0.25, 0.3) is 0 Å². The van der Waals surface area contributed by atoms with Crippen LogP contribution in [-0.4, -0.2) is 18.0 Å². The van der Waals surface area contributed by atoms with E-state index in [0.717, 1.165) is 0 Å². The zero-order valence-electron chi connectivity index (χ0n) is 7.74. The summed E-state index contributed by atoms with van der Waals surface area (Å²) < 4.78 is 0. The number of primary amides is 1. The number of urea groups is 1. The van der Waals surface area contributed by atoms with Gasteiger partial charge in [-0.2, -0.15) is 5.48 Å². The molecule has 0 aliphatic rings. The van der Waals surface area contributed by atoms with Gasteiger partial charge in [0.15, 0.2) is 0 Å². The first-order chi connectivity index (χ1) is 5.93. The molecular formula is C7H15N3O3. The van der Waals surface area contributed by atoms with E-state index < -0.39 is 18.0 Å². The minimum atomic E-state index is -0.926. The Labute approximate surface area is 76.5 Å². The molecule has 0 aromatic rings. The fraction of sp³-hybridized carbons (Fsp3) is 0.714. The van der Waals surface area contributed by atoms with Gasteiger partial charge in [0.2, 0.25) is 0 Å². The third kappa shape index (κ3) is 5.92. The molecule has 0 radical (unpaired) electrons. The van der Waals surface area contributed by atoms with E-state index in [4.69, 9.17) is 5.73 Å². The molecule has 0 saturated carbocycles. The van der Waals surface area contributed by atoms with E-state index in [9.17, 15) is 9.59 Å². The summed E-state index contributed by atoms with van der Waals surface area (Å²) >= 11 is 0. The molecule has 2 amide bonds. The van der Waals surface area contributed by atoms with E-state index >= 15 is 0 Å². The van der Waals surface area contributed by atoms with Gasteiger partial charge in [-0.3, -0.25) is 0 Å². The lowest BCUT2D eigenvalue weighted by Crippen LogP contribution is -2.40. The van der Waals surface area contributed by atoms with Crippen molar-refractivity contribution < 1.29 is 14.4 Å². The summed E-state index contributed by atoms with van der Waals surface area (Å²) in [6.45, 7) is 3.85. The maximum absolute atomic E-state index is 11.0. The highest BCUT2D eigenvalue weighted by Gasteiger charge is 2.17. The van der Waals surface area contributed by atoms with Crippen LogP contribution in [0.15, 0.2) is 0 Å². The van der Waals surface area contributed by atoms with Gasteiger partial charge >= 0.3 is 12.0 Å². The van der Waals surface area contributed by atoms with Gasteiger partial charge < -0.3 is 16.3 Å². The molecule has 0 saturated heterocycles. The Hall–Kier alpha value is -1.30. The maximum Gasteiger partial charge on any atom is 0.348 e. The second-order valence-electron chi connectivity index (χ2n) is 3.12. The van der Waals surface area contributed by atoms with Gasteiger partial charge in [0.25, 0.3) is 0 Å². The van der Waals surface area contributed by atoms with Gasteiger partial charge in [-0.15, -0.1) is 0 Å². The average Bonchev–Trinajstić information content (AvgIpc) is 1.98. The minimum Gasteiger partial charge on any atom is -0.349 e. The predicted molar refractivity (Wildman–Crippen MR) is 46.2 cm³/mol. The molecule has 0 spiro atoms. The smallest absolute Gasteiger partial charge is 0.348 e. The molecule has 76 valence electrons. The normalized spacial score (nSPS) is 12.3. The molecule has 6 heteroatoms. The number of hydroxylamine groups is 1. The minimum absolute atomic E-state index is 0.288. The maximum atomic E-state index is 11.0. The molecule has 0 aliphatic carbocycles. The lowest BCUT2D eigenvalue weighted by Gasteiger charge is -2.11. The Morgan fingerprint density at radius 3 is 2.38 bits per heavy atom. The molecule has 0 heterocycles. The third-order valence-corrected chi connectivity index (χ3v) is 1.28. The van der Waals surface area contributed by atoms with E-state index in [1.165, 1.54) is 0 Å². The van der Waals surface area contributed by atoms with Crippen LogP contribution in [0.2, 0.25) is 0 Å². The van der Waals surface area contributed by atoms with Gasteiger partial charge in [0, 0.05) is 0 Å². The zero-order chi connectivity index (χ0) is 10.4. The lowest BCUT2D eigenvalue weighted by atomic mass is 10.1. The molecule has 0 aliphatic heterocycles. The first-order valence-corrected chi connectivity index (χ1v) is 3.95. The van der Waals surface area contributed by atoms with Crippen molar-refractivity contribution >= 4 is 12.0 Å². The van der Waals surface area contributed by atoms with Gasteiger partial charge in [0.1, 0.15) is 6.04 Å². The second-order valence-corrected chi connectivity index (χ2v) is 3.12. The summed E-state index contributed by atoms with van der Waals surface area (Å²) in [7, 11) is 0. The molecule has 13 heavy (non-hydrogen) atoms. The van der Waals surface area contributed by atoms with Crippen LogP contribution in [0.3, 0.4) is 0 Å². The molecule has 5 N–H and O–H groups in total. The lowest BCUT2D eigenvalue weighted by molar-refractivity contribution is -0.150. The summed E-state index contributed by atoms with van der Waals surface area (Å²) in [4.78, 5) is 25.4. The van der Waals surface area contributed by atoms with Crippen molar-refractivity contribution in [2.75, 3.05) is 0 Å². The van der Waals surface area contributed by atoms with Crippen molar-refractivity contribution in [1.82, 2.24) is 5.48 Å². The van der Waals surface area contributed by atoms with Crippen molar-refractivity contribution in [2.45, 2.75) is 26.3 Å².